The minimum Gasteiger partial charge on any atom is -0.494 e. The van der Waals surface area contributed by atoms with Crippen molar-refractivity contribution in [3.63, 3.8) is 0 Å². The van der Waals surface area contributed by atoms with Gasteiger partial charge in [0.15, 0.2) is 5.78 Å². The lowest BCUT2D eigenvalue weighted by Gasteiger charge is -2.09. The Morgan fingerprint density at radius 2 is 2.20 bits per heavy atom. The molecule has 2 nitrogen and oxygen atoms in total. The van der Waals surface area contributed by atoms with E-state index in [2.05, 4.69) is 0 Å². The standard InChI is InChI=1S/C13H16O2/c1-3-15-11-6-4-5-10(9-11)12(14)13(2)7-8-13/h4-6,9H,3,7-8H2,1-2H3. The lowest BCUT2D eigenvalue weighted by molar-refractivity contribution is 0.0912. The molecular weight excluding hydrogens is 188 g/mol. The largest absolute Gasteiger partial charge is 0.494 e. The Bertz CT molecular complexity index is 378. The third-order valence-corrected chi connectivity index (χ3v) is 2.96. The van der Waals surface area contributed by atoms with E-state index >= 15 is 0 Å². The molecule has 0 bridgehead atoms. The Labute approximate surface area is 90.3 Å². The van der Waals surface area contributed by atoms with Crippen molar-refractivity contribution in [2.75, 3.05) is 6.61 Å². The van der Waals surface area contributed by atoms with Crippen LogP contribution in [0.4, 0.5) is 0 Å². The summed E-state index contributed by atoms with van der Waals surface area (Å²) in [5.74, 6) is 1.04. The second-order valence-corrected chi connectivity index (χ2v) is 4.35. The maximum atomic E-state index is 12.0. The minimum atomic E-state index is -0.0924. The van der Waals surface area contributed by atoms with Crippen molar-refractivity contribution < 1.29 is 9.53 Å². The summed E-state index contributed by atoms with van der Waals surface area (Å²) in [6.07, 6.45) is 2.04. The number of hydrogen-bond acceptors (Lipinski definition) is 2. The third-order valence-electron chi connectivity index (χ3n) is 2.96. The van der Waals surface area contributed by atoms with Gasteiger partial charge in [0.05, 0.1) is 6.61 Å². The Balaban J connectivity index is 2.21. The molecule has 0 heterocycles. The van der Waals surface area contributed by atoms with Gasteiger partial charge < -0.3 is 4.74 Å². The quantitative estimate of drug-likeness (QED) is 0.704. The number of rotatable bonds is 4. The van der Waals surface area contributed by atoms with Gasteiger partial charge in [-0.1, -0.05) is 19.1 Å². The number of ether oxygens (including phenoxy) is 1. The molecule has 0 spiro atoms. The number of Topliss-reactive ketones (excluding diaryl/α,β-unsaturated/α-hetero) is 1. The molecule has 80 valence electrons. The normalized spacial score (nSPS) is 17.2. The van der Waals surface area contributed by atoms with E-state index in [-0.39, 0.29) is 11.2 Å². The molecular formula is C13H16O2. The lowest BCUT2D eigenvalue weighted by Crippen LogP contribution is -2.11. The van der Waals surface area contributed by atoms with Gasteiger partial charge in [-0.05, 0) is 31.9 Å². The molecule has 0 saturated heterocycles. The highest BCUT2D eigenvalue weighted by Crippen LogP contribution is 2.47. The summed E-state index contributed by atoms with van der Waals surface area (Å²) in [6, 6.07) is 7.48. The van der Waals surface area contributed by atoms with Gasteiger partial charge in [-0.2, -0.15) is 0 Å². The van der Waals surface area contributed by atoms with Crippen molar-refractivity contribution >= 4 is 5.78 Å². The molecule has 1 aliphatic carbocycles. The first-order chi connectivity index (χ1) is 7.15. The highest BCUT2D eigenvalue weighted by atomic mass is 16.5. The van der Waals surface area contributed by atoms with Crippen LogP contribution in [0.1, 0.15) is 37.0 Å². The van der Waals surface area contributed by atoms with Gasteiger partial charge in [0.1, 0.15) is 5.75 Å². The molecule has 0 amide bonds. The second-order valence-electron chi connectivity index (χ2n) is 4.35. The fraction of sp³-hybridized carbons (Fsp3) is 0.462. The summed E-state index contributed by atoms with van der Waals surface area (Å²) >= 11 is 0. The summed E-state index contributed by atoms with van der Waals surface area (Å²) in [5.41, 5.74) is 0.686. The van der Waals surface area contributed by atoms with Crippen LogP contribution in [0, 0.1) is 5.41 Å². The number of ketones is 1. The number of carbonyl (C=O) groups excluding carboxylic acids is 1. The third kappa shape index (κ3) is 2.04. The fourth-order valence-electron chi connectivity index (χ4n) is 1.66. The molecule has 1 fully saturated rings. The first-order valence-electron chi connectivity index (χ1n) is 5.43. The van der Waals surface area contributed by atoms with Crippen LogP contribution in [-0.2, 0) is 0 Å². The summed E-state index contributed by atoms with van der Waals surface area (Å²) < 4.78 is 5.38. The highest BCUT2D eigenvalue weighted by molar-refractivity contribution is 6.02. The van der Waals surface area contributed by atoms with E-state index in [0.29, 0.717) is 6.61 Å². The zero-order valence-electron chi connectivity index (χ0n) is 9.25. The van der Waals surface area contributed by atoms with Gasteiger partial charge in [-0.25, -0.2) is 0 Å². The average molecular weight is 204 g/mol. The molecule has 1 aromatic rings. The summed E-state index contributed by atoms with van der Waals surface area (Å²) in [6.45, 7) is 4.61. The predicted octanol–water partition coefficient (Wildman–Crippen LogP) is 3.07. The molecule has 0 radical (unpaired) electrons. The highest BCUT2D eigenvalue weighted by Gasteiger charge is 2.44. The maximum Gasteiger partial charge on any atom is 0.168 e. The molecule has 0 aromatic heterocycles. The Morgan fingerprint density at radius 3 is 2.80 bits per heavy atom. The fourth-order valence-corrected chi connectivity index (χ4v) is 1.66. The minimum absolute atomic E-state index is 0.0924. The molecule has 1 aliphatic rings. The molecule has 2 rings (SSSR count). The van der Waals surface area contributed by atoms with Crippen molar-refractivity contribution in [3.05, 3.63) is 29.8 Å². The summed E-state index contributed by atoms with van der Waals surface area (Å²) in [7, 11) is 0. The van der Waals surface area contributed by atoms with Gasteiger partial charge in [-0.15, -0.1) is 0 Å². The van der Waals surface area contributed by atoms with Crippen molar-refractivity contribution in [2.24, 2.45) is 5.41 Å². The summed E-state index contributed by atoms with van der Waals surface area (Å²) in [4.78, 5) is 12.0. The second kappa shape index (κ2) is 3.69. The van der Waals surface area contributed by atoms with Crippen molar-refractivity contribution in [1.82, 2.24) is 0 Å². The molecule has 0 atom stereocenters. The van der Waals surface area contributed by atoms with E-state index in [1.165, 1.54) is 0 Å². The summed E-state index contributed by atoms with van der Waals surface area (Å²) in [5, 5.41) is 0. The molecule has 1 aromatic carbocycles. The molecule has 0 aliphatic heterocycles. The molecule has 0 unspecified atom stereocenters. The Morgan fingerprint density at radius 1 is 1.47 bits per heavy atom. The van der Waals surface area contributed by atoms with E-state index < -0.39 is 0 Å². The van der Waals surface area contributed by atoms with E-state index in [1.807, 2.05) is 38.1 Å². The number of hydrogen-bond donors (Lipinski definition) is 0. The molecule has 15 heavy (non-hydrogen) atoms. The first kappa shape index (κ1) is 10.2. The van der Waals surface area contributed by atoms with E-state index in [0.717, 1.165) is 24.2 Å². The van der Waals surface area contributed by atoms with Gasteiger partial charge in [0, 0.05) is 11.0 Å². The monoisotopic (exact) mass is 204 g/mol. The molecule has 0 N–H and O–H groups in total. The zero-order chi connectivity index (χ0) is 10.9. The van der Waals surface area contributed by atoms with E-state index in [1.54, 1.807) is 0 Å². The van der Waals surface area contributed by atoms with Crippen LogP contribution in [0.3, 0.4) is 0 Å². The van der Waals surface area contributed by atoms with Crippen LogP contribution < -0.4 is 4.74 Å². The van der Waals surface area contributed by atoms with Crippen molar-refractivity contribution in [1.29, 1.82) is 0 Å². The number of benzene rings is 1. The van der Waals surface area contributed by atoms with Gasteiger partial charge >= 0.3 is 0 Å². The van der Waals surface area contributed by atoms with Crippen LogP contribution >= 0.6 is 0 Å². The van der Waals surface area contributed by atoms with Crippen LogP contribution in [0.15, 0.2) is 24.3 Å². The van der Waals surface area contributed by atoms with E-state index in [9.17, 15) is 4.79 Å². The Hall–Kier alpha value is -1.31. The van der Waals surface area contributed by atoms with Crippen molar-refractivity contribution in [3.8, 4) is 5.75 Å². The van der Waals surface area contributed by atoms with Crippen molar-refractivity contribution in [2.45, 2.75) is 26.7 Å². The lowest BCUT2D eigenvalue weighted by atomic mass is 9.97. The SMILES string of the molecule is CCOc1cccc(C(=O)C2(C)CC2)c1. The van der Waals surface area contributed by atoms with Gasteiger partial charge in [0.2, 0.25) is 0 Å². The zero-order valence-corrected chi connectivity index (χ0v) is 9.25. The molecule has 1 saturated carbocycles. The van der Waals surface area contributed by atoms with Gasteiger partial charge in [0.25, 0.3) is 0 Å². The topological polar surface area (TPSA) is 26.3 Å². The predicted molar refractivity (Wildman–Crippen MR) is 59.3 cm³/mol. The smallest absolute Gasteiger partial charge is 0.168 e. The average Bonchev–Trinajstić information content (AvgIpc) is 2.98. The first-order valence-corrected chi connectivity index (χ1v) is 5.43. The van der Waals surface area contributed by atoms with Crippen LogP contribution in [-0.4, -0.2) is 12.4 Å². The number of carbonyl (C=O) groups is 1. The Kier molecular flexibility index (Phi) is 2.51. The molecule has 2 heteroatoms. The van der Waals surface area contributed by atoms with E-state index in [4.69, 9.17) is 4.74 Å². The maximum absolute atomic E-state index is 12.0. The van der Waals surface area contributed by atoms with Gasteiger partial charge in [-0.3, -0.25) is 4.79 Å². The van der Waals surface area contributed by atoms with Crippen LogP contribution in [0.25, 0.3) is 0 Å². The van der Waals surface area contributed by atoms with Crippen LogP contribution in [0.2, 0.25) is 0 Å². The van der Waals surface area contributed by atoms with Crippen LogP contribution in [0.5, 0.6) is 5.75 Å².